The number of hydrogen-bond donors (Lipinski definition) is 1. The molecule has 1 aliphatic carbocycles. The molecule has 0 bridgehead atoms. The fourth-order valence-electron chi connectivity index (χ4n) is 2.84. The first kappa shape index (κ1) is 13.4. The van der Waals surface area contributed by atoms with Crippen molar-refractivity contribution in [3.63, 3.8) is 0 Å². The number of halogens is 1. The van der Waals surface area contributed by atoms with E-state index in [0.29, 0.717) is 23.9 Å². The van der Waals surface area contributed by atoms with E-state index in [2.05, 4.69) is 10.3 Å². The van der Waals surface area contributed by atoms with Crippen molar-refractivity contribution < 1.29 is 4.79 Å². The van der Waals surface area contributed by atoms with Crippen molar-refractivity contribution in [1.29, 1.82) is 0 Å². The third-order valence-electron chi connectivity index (χ3n) is 3.88. The van der Waals surface area contributed by atoms with Crippen molar-refractivity contribution in [3.05, 3.63) is 35.2 Å². The fourth-order valence-corrected chi connectivity index (χ4v) is 3.01. The van der Waals surface area contributed by atoms with Gasteiger partial charge in [0.15, 0.2) is 0 Å². The van der Waals surface area contributed by atoms with Crippen LogP contribution < -0.4 is 5.32 Å². The number of fused-ring (bicyclic) bond motifs is 1. The van der Waals surface area contributed by atoms with Crippen LogP contribution in [-0.4, -0.2) is 15.3 Å². The van der Waals surface area contributed by atoms with Crippen LogP contribution in [0.15, 0.2) is 24.5 Å². The summed E-state index contributed by atoms with van der Waals surface area (Å²) in [4.78, 5) is 16.3. The minimum absolute atomic E-state index is 0.131. The second-order valence-electron chi connectivity index (χ2n) is 5.48. The summed E-state index contributed by atoms with van der Waals surface area (Å²) < 4.78 is 1.88. The van der Waals surface area contributed by atoms with Crippen molar-refractivity contribution >= 4 is 23.2 Å². The average Bonchev–Trinajstić information content (AvgIpc) is 3.04. The smallest absolute Gasteiger partial charge is 0.220 e. The highest BCUT2D eigenvalue weighted by molar-refractivity contribution is 6.30. The third kappa shape index (κ3) is 3.12. The number of nitrogens with one attached hydrogen (secondary N) is 1. The molecule has 20 heavy (non-hydrogen) atoms. The molecule has 0 spiro atoms. The summed E-state index contributed by atoms with van der Waals surface area (Å²) in [6.45, 7) is 0.477. The predicted molar refractivity (Wildman–Crippen MR) is 78.6 cm³/mol. The lowest BCUT2D eigenvalue weighted by Gasteiger charge is -2.08. The van der Waals surface area contributed by atoms with Gasteiger partial charge in [-0.1, -0.05) is 24.4 Å². The van der Waals surface area contributed by atoms with Crippen molar-refractivity contribution in [2.24, 2.45) is 5.92 Å². The minimum Gasteiger partial charge on any atom is -0.350 e. The third-order valence-corrected chi connectivity index (χ3v) is 4.10. The second kappa shape index (κ2) is 5.83. The maximum atomic E-state index is 11.9. The van der Waals surface area contributed by atoms with Crippen molar-refractivity contribution in [2.45, 2.75) is 38.6 Å². The van der Waals surface area contributed by atoms with E-state index >= 15 is 0 Å². The van der Waals surface area contributed by atoms with Crippen molar-refractivity contribution in [1.82, 2.24) is 14.7 Å². The van der Waals surface area contributed by atoms with Gasteiger partial charge in [-0.25, -0.2) is 4.98 Å². The number of carbonyl (C=O) groups excluding carboxylic acids is 1. The van der Waals surface area contributed by atoms with Gasteiger partial charge in [0, 0.05) is 18.8 Å². The summed E-state index contributed by atoms with van der Waals surface area (Å²) in [6.07, 6.45) is 9.29. The summed E-state index contributed by atoms with van der Waals surface area (Å²) in [7, 11) is 0. The summed E-state index contributed by atoms with van der Waals surface area (Å²) >= 11 is 5.93. The topological polar surface area (TPSA) is 46.4 Å². The zero-order valence-corrected chi connectivity index (χ0v) is 12.1. The molecule has 0 aromatic carbocycles. The minimum atomic E-state index is 0.131. The van der Waals surface area contributed by atoms with Crippen molar-refractivity contribution in [3.8, 4) is 0 Å². The Morgan fingerprint density at radius 2 is 2.15 bits per heavy atom. The monoisotopic (exact) mass is 291 g/mol. The Bertz CT molecular complexity index is 617. The predicted octanol–water partition coefficient (Wildman–Crippen LogP) is 3.18. The molecule has 0 radical (unpaired) electrons. The normalized spacial score (nSPS) is 15.8. The van der Waals surface area contributed by atoms with Crippen LogP contribution in [0.3, 0.4) is 0 Å². The van der Waals surface area contributed by atoms with Gasteiger partial charge < -0.3 is 9.72 Å². The van der Waals surface area contributed by atoms with Gasteiger partial charge in [-0.2, -0.15) is 0 Å². The summed E-state index contributed by atoms with van der Waals surface area (Å²) in [5.74, 6) is 0.710. The van der Waals surface area contributed by atoms with Crippen LogP contribution in [0.1, 0.15) is 37.8 Å². The van der Waals surface area contributed by atoms with Crippen LogP contribution in [0.25, 0.3) is 5.65 Å². The maximum absolute atomic E-state index is 11.9. The van der Waals surface area contributed by atoms with E-state index in [0.717, 1.165) is 11.3 Å². The Labute approximate surface area is 123 Å². The standard InChI is InChI=1S/C15H18ClN3O/c16-12-5-6-14-18-13(10-19(14)9-12)8-17-15(20)7-11-3-1-2-4-11/h5-6,9-11H,1-4,7-8H2,(H,17,20). The number of rotatable bonds is 4. The zero-order chi connectivity index (χ0) is 13.9. The molecule has 3 rings (SSSR count). The molecule has 106 valence electrons. The Hall–Kier alpha value is -1.55. The van der Waals surface area contributed by atoms with Crippen LogP contribution in [0.5, 0.6) is 0 Å². The van der Waals surface area contributed by atoms with Gasteiger partial charge in [-0.05, 0) is 30.9 Å². The van der Waals surface area contributed by atoms with Gasteiger partial charge in [0.05, 0.1) is 17.3 Å². The van der Waals surface area contributed by atoms with Gasteiger partial charge in [0.1, 0.15) is 5.65 Å². The van der Waals surface area contributed by atoms with E-state index in [1.807, 2.05) is 28.9 Å². The van der Waals surface area contributed by atoms with Crippen LogP contribution >= 0.6 is 11.6 Å². The van der Waals surface area contributed by atoms with E-state index in [1.165, 1.54) is 25.7 Å². The number of carbonyl (C=O) groups is 1. The molecule has 1 amide bonds. The lowest BCUT2D eigenvalue weighted by molar-refractivity contribution is -0.122. The van der Waals surface area contributed by atoms with Crippen LogP contribution in [-0.2, 0) is 11.3 Å². The summed E-state index contributed by atoms with van der Waals surface area (Å²) in [5, 5.41) is 3.63. The highest BCUT2D eigenvalue weighted by atomic mass is 35.5. The van der Waals surface area contributed by atoms with E-state index < -0.39 is 0 Å². The number of hydrogen-bond acceptors (Lipinski definition) is 2. The highest BCUT2D eigenvalue weighted by Crippen LogP contribution is 2.27. The molecule has 0 unspecified atom stereocenters. The quantitative estimate of drug-likeness (QED) is 0.940. The summed E-state index contributed by atoms with van der Waals surface area (Å²) in [6, 6.07) is 3.68. The Morgan fingerprint density at radius 3 is 2.95 bits per heavy atom. The first-order valence-corrected chi connectivity index (χ1v) is 7.48. The molecule has 1 aliphatic rings. The van der Waals surface area contributed by atoms with Crippen LogP contribution in [0.2, 0.25) is 5.02 Å². The van der Waals surface area contributed by atoms with Crippen LogP contribution in [0, 0.1) is 5.92 Å². The molecule has 2 heterocycles. The number of amides is 1. The van der Waals surface area contributed by atoms with Gasteiger partial charge >= 0.3 is 0 Å². The fraction of sp³-hybridized carbons (Fsp3) is 0.467. The Kier molecular flexibility index (Phi) is 3.92. The van der Waals surface area contributed by atoms with E-state index in [-0.39, 0.29) is 5.91 Å². The molecule has 0 saturated heterocycles. The zero-order valence-electron chi connectivity index (χ0n) is 11.3. The number of nitrogens with zero attached hydrogens (tertiary/aromatic N) is 2. The number of pyridine rings is 1. The highest BCUT2D eigenvalue weighted by Gasteiger charge is 2.18. The van der Waals surface area contributed by atoms with Gasteiger partial charge in [0.2, 0.25) is 5.91 Å². The van der Waals surface area contributed by atoms with Gasteiger partial charge in [-0.3, -0.25) is 4.79 Å². The molecule has 2 aromatic heterocycles. The Morgan fingerprint density at radius 1 is 1.35 bits per heavy atom. The largest absolute Gasteiger partial charge is 0.350 e. The van der Waals surface area contributed by atoms with E-state index in [1.54, 1.807) is 0 Å². The SMILES string of the molecule is O=C(CC1CCCC1)NCc1cn2cc(Cl)ccc2n1. The van der Waals surface area contributed by atoms with Gasteiger partial charge in [0.25, 0.3) is 0 Å². The van der Waals surface area contributed by atoms with Crippen LogP contribution in [0.4, 0.5) is 0 Å². The Balaban J connectivity index is 1.57. The van der Waals surface area contributed by atoms with Gasteiger partial charge in [-0.15, -0.1) is 0 Å². The van der Waals surface area contributed by atoms with E-state index in [9.17, 15) is 4.79 Å². The average molecular weight is 292 g/mol. The lowest BCUT2D eigenvalue weighted by Crippen LogP contribution is -2.24. The molecule has 2 aromatic rings. The number of aromatic nitrogens is 2. The molecule has 5 heteroatoms. The second-order valence-corrected chi connectivity index (χ2v) is 5.91. The molecule has 4 nitrogen and oxygen atoms in total. The molecule has 1 fully saturated rings. The maximum Gasteiger partial charge on any atom is 0.220 e. The molecule has 1 saturated carbocycles. The van der Waals surface area contributed by atoms with Crippen molar-refractivity contribution in [2.75, 3.05) is 0 Å². The van der Waals surface area contributed by atoms with E-state index in [4.69, 9.17) is 11.6 Å². The molecular formula is C15H18ClN3O. The molecule has 1 N–H and O–H groups in total. The molecule has 0 atom stereocenters. The first-order chi connectivity index (χ1) is 9.70. The molecule has 0 aliphatic heterocycles. The summed E-state index contributed by atoms with van der Waals surface area (Å²) in [5.41, 5.74) is 1.70. The lowest BCUT2D eigenvalue weighted by atomic mass is 10.0. The first-order valence-electron chi connectivity index (χ1n) is 7.10. The number of imidazole rings is 1. The molecular weight excluding hydrogens is 274 g/mol.